The molecule has 0 radical (unpaired) electrons. The van der Waals surface area contributed by atoms with Gasteiger partial charge in [0.2, 0.25) is 5.95 Å². The normalized spacial score (nSPS) is 15.3. The molecular weight excluding hydrogens is 328 g/mol. The van der Waals surface area contributed by atoms with Crippen LogP contribution >= 0.6 is 0 Å². The van der Waals surface area contributed by atoms with Crippen molar-refractivity contribution in [1.82, 2.24) is 19.8 Å². The molecule has 0 saturated carbocycles. The highest BCUT2D eigenvalue weighted by molar-refractivity contribution is 5.92. The highest BCUT2D eigenvalue weighted by Crippen LogP contribution is 2.19. The Morgan fingerprint density at radius 3 is 2.52 bits per heavy atom. The van der Waals surface area contributed by atoms with E-state index in [1.54, 1.807) is 17.9 Å². The van der Waals surface area contributed by atoms with E-state index < -0.39 is 11.6 Å². The molecule has 2 heterocycles. The molecule has 0 aliphatic carbocycles. The van der Waals surface area contributed by atoms with Crippen LogP contribution in [0, 0.1) is 18.6 Å². The molecule has 3 rings (SSSR count). The van der Waals surface area contributed by atoms with Gasteiger partial charge in [-0.15, -0.1) is 0 Å². The zero-order chi connectivity index (χ0) is 18.0. The lowest BCUT2D eigenvalue weighted by Gasteiger charge is -2.32. The van der Waals surface area contributed by atoms with Crippen molar-refractivity contribution in [1.29, 1.82) is 0 Å². The van der Waals surface area contributed by atoms with Crippen LogP contribution < -0.4 is 5.32 Å². The summed E-state index contributed by atoms with van der Waals surface area (Å²) in [6.45, 7) is 4.61. The SMILES string of the molecule is Cc1cc(C(=O)N2CCN(C)CC2)nc(Nc2ccc(F)cc2F)n1. The number of benzene rings is 1. The Morgan fingerprint density at radius 2 is 1.84 bits per heavy atom. The van der Waals surface area contributed by atoms with Crippen molar-refractivity contribution in [2.24, 2.45) is 0 Å². The maximum atomic E-state index is 13.8. The zero-order valence-electron chi connectivity index (χ0n) is 14.1. The van der Waals surface area contributed by atoms with E-state index in [0.29, 0.717) is 18.8 Å². The van der Waals surface area contributed by atoms with Gasteiger partial charge < -0.3 is 15.1 Å². The summed E-state index contributed by atoms with van der Waals surface area (Å²) < 4.78 is 26.8. The predicted octanol–water partition coefficient (Wildman–Crippen LogP) is 2.19. The smallest absolute Gasteiger partial charge is 0.272 e. The van der Waals surface area contributed by atoms with E-state index in [4.69, 9.17) is 0 Å². The van der Waals surface area contributed by atoms with Gasteiger partial charge in [-0.3, -0.25) is 4.79 Å². The highest BCUT2D eigenvalue weighted by atomic mass is 19.1. The molecule has 2 aromatic rings. The third-order valence-corrected chi connectivity index (χ3v) is 4.04. The lowest BCUT2D eigenvalue weighted by atomic mass is 10.2. The lowest BCUT2D eigenvalue weighted by molar-refractivity contribution is 0.0658. The van der Waals surface area contributed by atoms with Crippen LogP contribution in [0.2, 0.25) is 0 Å². The van der Waals surface area contributed by atoms with Crippen LogP contribution in [0.3, 0.4) is 0 Å². The first-order valence-electron chi connectivity index (χ1n) is 7.98. The summed E-state index contributed by atoms with van der Waals surface area (Å²) in [5.41, 5.74) is 0.879. The molecule has 1 fully saturated rings. The number of amides is 1. The summed E-state index contributed by atoms with van der Waals surface area (Å²) in [6.07, 6.45) is 0. The van der Waals surface area contributed by atoms with E-state index in [1.165, 1.54) is 6.07 Å². The average Bonchev–Trinajstić information content (AvgIpc) is 2.57. The molecule has 132 valence electrons. The quantitative estimate of drug-likeness (QED) is 0.922. The maximum Gasteiger partial charge on any atom is 0.272 e. The topological polar surface area (TPSA) is 61.4 Å². The van der Waals surface area contributed by atoms with Gasteiger partial charge in [-0.2, -0.15) is 0 Å². The fourth-order valence-corrected chi connectivity index (χ4v) is 2.62. The van der Waals surface area contributed by atoms with Crippen molar-refractivity contribution < 1.29 is 13.6 Å². The number of piperazine rings is 1. The first kappa shape index (κ1) is 17.2. The summed E-state index contributed by atoms with van der Waals surface area (Å²) in [6, 6.07) is 4.77. The van der Waals surface area contributed by atoms with Crippen LogP contribution in [0.25, 0.3) is 0 Å². The number of hydrogen-bond donors (Lipinski definition) is 1. The van der Waals surface area contributed by atoms with Gasteiger partial charge in [0.15, 0.2) is 0 Å². The van der Waals surface area contributed by atoms with Crippen molar-refractivity contribution in [3.63, 3.8) is 0 Å². The zero-order valence-corrected chi connectivity index (χ0v) is 14.1. The van der Waals surface area contributed by atoms with E-state index in [0.717, 1.165) is 25.2 Å². The van der Waals surface area contributed by atoms with Gasteiger partial charge in [0.1, 0.15) is 17.3 Å². The number of carbonyl (C=O) groups is 1. The summed E-state index contributed by atoms with van der Waals surface area (Å²) in [5, 5.41) is 2.70. The number of rotatable bonds is 3. The number of aromatic nitrogens is 2. The van der Waals surface area contributed by atoms with Gasteiger partial charge in [-0.25, -0.2) is 18.7 Å². The minimum atomic E-state index is -0.753. The molecule has 1 amide bonds. The molecule has 1 aliphatic rings. The second kappa shape index (κ2) is 7.10. The van der Waals surface area contributed by atoms with Crippen molar-refractivity contribution in [3.8, 4) is 0 Å². The minimum absolute atomic E-state index is 0.0463. The molecule has 0 unspecified atom stereocenters. The van der Waals surface area contributed by atoms with E-state index >= 15 is 0 Å². The van der Waals surface area contributed by atoms with Crippen LogP contribution in [0.5, 0.6) is 0 Å². The molecule has 6 nitrogen and oxygen atoms in total. The van der Waals surface area contributed by atoms with Gasteiger partial charge in [0.25, 0.3) is 5.91 Å². The Labute approximate surface area is 144 Å². The summed E-state index contributed by atoms with van der Waals surface area (Å²) in [7, 11) is 2.01. The van der Waals surface area contributed by atoms with Gasteiger partial charge in [0.05, 0.1) is 5.69 Å². The van der Waals surface area contributed by atoms with Crippen LogP contribution in [-0.2, 0) is 0 Å². The molecule has 1 saturated heterocycles. The first-order valence-corrected chi connectivity index (χ1v) is 7.98. The van der Waals surface area contributed by atoms with Crippen molar-refractivity contribution in [3.05, 3.63) is 47.3 Å². The molecule has 0 spiro atoms. The molecule has 1 aromatic carbocycles. The molecule has 1 N–H and O–H groups in total. The Kier molecular flexibility index (Phi) is 4.89. The number of carbonyl (C=O) groups excluding carboxylic acids is 1. The average molecular weight is 347 g/mol. The fraction of sp³-hybridized carbons (Fsp3) is 0.353. The van der Waals surface area contributed by atoms with Crippen molar-refractivity contribution in [2.75, 3.05) is 38.5 Å². The monoisotopic (exact) mass is 347 g/mol. The van der Waals surface area contributed by atoms with Crippen LogP contribution in [-0.4, -0.2) is 58.9 Å². The van der Waals surface area contributed by atoms with Crippen LogP contribution in [0.1, 0.15) is 16.2 Å². The summed E-state index contributed by atoms with van der Waals surface area (Å²) in [4.78, 5) is 24.9. The largest absolute Gasteiger partial charge is 0.335 e. The van der Waals surface area contributed by atoms with Crippen molar-refractivity contribution in [2.45, 2.75) is 6.92 Å². The lowest BCUT2D eigenvalue weighted by Crippen LogP contribution is -2.47. The standard InChI is InChI=1S/C17H19F2N5O/c1-11-9-15(16(25)24-7-5-23(2)6-8-24)22-17(20-11)21-14-4-3-12(18)10-13(14)19/h3-4,9-10H,5-8H2,1-2H3,(H,20,21,22). The number of halogens is 2. The number of nitrogens with one attached hydrogen (secondary N) is 1. The van der Waals surface area contributed by atoms with Crippen molar-refractivity contribution >= 4 is 17.5 Å². The Morgan fingerprint density at radius 1 is 1.12 bits per heavy atom. The van der Waals surface area contributed by atoms with Gasteiger partial charge in [-0.1, -0.05) is 0 Å². The maximum absolute atomic E-state index is 13.8. The van der Waals surface area contributed by atoms with E-state index in [1.807, 2.05) is 7.05 Å². The Bertz CT molecular complexity index is 791. The number of hydrogen-bond acceptors (Lipinski definition) is 5. The third-order valence-electron chi connectivity index (χ3n) is 4.04. The second-order valence-electron chi connectivity index (χ2n) is 6.06. The summed E-state index contributed by atoms with van der Waals surface area (Å²) >= 11 is 0. The molecule has 8 heteroatoms. The minimum Gasteiger partial charge on any atom is -0.335 e. The fourth-order valence-electron chi connectivity index (χ4n) is 2.62. The number of nitrogens with zero attached hydrogens (tertiary/aromatic N) is 4. The molecule has 1 aliphatic heterocycles. The number of aryl methyl sites for hydroxylation is 1. The molecule has 0 bridgehead atoms. The van der Waals surface area contributed by atoms with Crippen LogP contribution in [0.15, 0.2) is 24.3 Å². The molecule has 0 atom stereocenters. The van der Waals surface area contributed by atoms with E-state index in [-0.39, 0.29) is 23.2 Å². The van der Waals surface area contributed by atoms with E-state index in [9.17, 15) is 13.6 Å². The van der Waals surface area contributed by atoms with Gasteiger partial charge in [-0.05, 0) is 32.2 Å². The number of anilines is 2. The Hall–Kier alpha value is -2.61. The molecule has 1 aromatic heterocycles. The predicted molar refractivity (Wildman–Crippen MR) is 89.8 cm³/mol. The highest BCUT2D eigenvalue weighted by Gasteiger charge is 2.22. The molecular formula is C17H19F2N5O. The van der Waals surface area contributed by atoms with Crippen LogP contribution in [0.4, 0.5) is 20.4 Å². The van der Waals surface area contributed by atoms with Gasteiger partial charge in [0, 0.05) is 37.9 Å². The number of likely N-dealkylation sites (N-methyl/N-ethyl adjacent to an activating group) is 1. The Balaban J connectivity index is 1.81. The summed E-state index contributed by atoms with van der Waals surface area (Å²) in [5.74, 6) is -1.50. The molecule has 25 heavy (non-hydrogen) atoms. The van der Waals surface area contributed by atoms with Gasteiger partial charge >= 0.3 is 0 Å². The first-order chi connectivity index (χ1) is 11.9. The van der Waals surface area contributed by atoms with E-state index in [2.05, 4.69) is 20.2 Å². The third kappa shape index (κ3) is 4.08. The second-order valence-corrected chi connectivity index (χ2v) is 6.06.